The molecule has 9 nitrogen and oxygen atoms in total. The minimum atomic E-state index is -0.833. The lowest BCUT2D eigenvalue weighted by Crippen LogP contribution is -2.35. The summed E-state index contributed by atoms with van der Waals surface area (Å²) in [4.78, 5) is 48.7. The molecule has 0 aromatic carbocycles. The molecule has 1 N–H and O–H groups in total. The molecule has 0 rings (SSSR count). The molecule has 0 unspecified atom stereocenters. The Morgan fingerprint density at radius 1 is 0.324 bits per heavy atom. The number of nitrogens with zero attached hydrogens (tertiary/aromatic N) is 1. The number of unbranched alkanes of at least 4 members (excludes halogenated alkanes) is 33. The number of rotatable bonds is 54. The molecule has 0 radical (unpaired) electrons. The van der Waals surface area contributed by atoms with Crippen LogP contribution in [-0.4, -0.2) is 73.3 Å². The van der Waals surface area contributed by atoms with Crippen LogP contribution in [0.5, 0.6) is 0 Å². The highest BCUT2D eigenvalue weighted by molar-refractivity contribution is 5.70. The largest absolute Gasteiger partial charge is 0.481 e. The molecule has 416 valence electrons. The van der Waals surface area contributed by atoms with Crippen LogP contribution < -0.4 is 0 Å². The summed E-state index contributed by atoms with van der Waals surface area (Å²) in [5.74, 6) is -1.30. The standard InChI is InChI=1S/C60H111NO6.C2H4O2/c1-4-7-10-13-16-19-22-25-28-31-34-37-40-43-46-49-58(62)65-55-52-61(53-56-66-59(63)50-47-44-41-38-35-32-29-26-23-20-17-14-11-8-5-2)54-57-67-60(64)51-48-45-42-39-36-33-30-27-24-21-18-15-12-9-6-3;1-2(3)4/h25-30H,4-24,31-57H2,1-3H3;1H3,(H,3,4). The molecule has 0 heterocycles. The summed E-state index contributed by atoms with van der Waals surface area (Å²) in [5, 5.41) is 7.42. The average Bonchev–Trinajstić information content (AvgIpc) is 3.34. The van der Waals surface area contributed by atoms with Crippen molar-refractivity contribution in [3.8, 4) is 0 Å². The molecule has 0 fully saturated rings. The molecular formula is C62H115NO8. The van der Waals surface area contributed by atoms with E-state index in [9.17, 15) is 14.4 Å². The SMILES string of the molecule is CC(=O)O.CCCCCCCCC=CCCCCCCCC(=O)OCCN(CCOC(=O)CCCCCCCC=CCCCCCCCC)CCOC(=O)CCCCCCCC=CCCCCCCCC. The Bertz CT molecular complexity index is 1090. The van der Waals surface area contributed by atoms with Gasteiger partial charge in [0.1, 0.15) is 19.8 Å². The molecule has 0 aliphatic carbocycles. The number of carbonyl (C=O) groups excluding carboxylic acids is 3. The average molecular weight is 1000 g/mol. The van der Waals surface area contributed by atoms with Crippen LogP contribution >= 0.6 is 0 Å². The van der Waals surface area contributed by atoms with Gasteiger partial charge in [-0.1, -0.05) is 211 Å². The number of hydrogen-bond donors (Lipinski definition) is 1. The Balaban J connectivity index is 0. The Morgan fingerprint density at radius 3 is 0.718 bits per heavy atom. The van der Waals surface area contributed by atoms with Crippen molar-refractivity contribution in [3.63, 3.8) is 0 Å². The van der Waals surface area contributed by atoms with E-state index in [0.29, 0.717) is 38.9 Å². The van der Waals surface area contributed by atoms with Gasteiger partial charge in [0.05, 0.1) is 0 Å². The maximum absolute atomic E-state index is 12.5. The van der Waals surface area contributed by atoms with Crippen LogP contribution in [0.2, 0.25) is 0 Å². The highest BCUT2D eigenvalue weighted by atomic mass is 16.5. The van der Waals surface area contributed by atoms with Crippen molar-refractivity contribution in [2.75, 3.05) is 39.5 Å². The molecule has 0 amide bonds. The molecule has 0 spiro atoms. The summed E-state index contributed by atoms with van der Waals surface area (Å²) in [7, 11) is 0. The van der Waals surface area contributed by atoms with E-state index in [1.54, 1.807) is 0 Å². The van der Waals surface area contributed by atoms with Crippen molar-refractivity contribution < 1.29 is 38.5 Å². The van der Waals surface area contributed by atoms with Crippen LogP contribution in [0.25, 0.3) is 0 Å². The number of allylic oxidation sites excluding steroid dienone is 6. The van der Waals surface area contributed by atoms with E-state index in [1.165, 1.54) is 173 Å². The molecule has 0 bridgehead atoms. The minimum Gasteiger partial charge on any atom is -0.481 e. The molecular weight excluding hydrogens is 887 g/mol. The fourth-order valence-corrected chi connectivity index (χ4v) is 8.44. The first-order valence-electron chi connectivity index (χ1n) is 30.1. The lowest BCUT2D eigenvalue weighted by Gasteiger charge is -2.22. The van der Waals surface area contributed by atoms with E-state index < -0.39 is 5.97 Å². The number of aliphatic carboxylic acids is 1. The van der Waals surface area contributed by atoms with Gasteiger partial charge < -0.3 is 19.3 Å². The minimum absolute atomic E-state index is 0.157. The van der Waals surface area contributed by atoms with Crippen LogP contribution in [0.3, 0.4) is 0 Å². The summed E-state index contributed by atoms with van der Waals surface area (Å²) in [6, 6.07) is 0. The van der Waals surface area contributed by atoms with Crippen LogP contribution in [0.15, 0.2) is 36.5 Å². The summed E-state index contributed by atoms with van der Waals surface area (Å²) < 4.78 is 16.8. The van der Waals surface area contributed by atoms with Crippen molar-refractivity contribution in [1.82, 2.24) is 4.90 Å². The number of carboxylic acid groups (broad SMARTS) is 1. The lowest BCUT2D eigenvalue weighted by atomic mass is 10.1. The molecule has 0 saturated heterocycles. The highest BCUT2D eigenvalue weighted by Crippen LogP contribution is 2.14. The van der Waals surface area contributed by atoms with Gasteiger partial charge in [-0.25, -0.2) is 0 Å². The highest BCUT2D eigenvalue weighted by Gasteiger charge is 2.12. The third kappa shape index (κ3) is 65.0. The van der Waals surface area contributed by atoms with Gasteiger partial charge in [0.2, 0.25) is 0 Å². The first kappa shape index (κ1) is 70.1. The molecule has 0 atom stereocenters. The molecule has 71 heavy (non-hydrogen) atoms. The Hall–Kier alpha value is -2.94. The number of hydrogen-bond acceptors (Lipinski definition) is 8. The number of ether oxygens (including phenoxy) is 3. The molecule has 0 saturated carbocycles. The van der Waals surface area contributed by atoms with Gasteiger partial charge in [-0.05, 0) is 96.3 Å². The summed E-state index contributed by atoms with van der Waals surface area (Å²) in [6.07, 6.45) is 63.3. The Morgan fingerprint density at radius 2 is 0.507 bits per heavy atom. The fraction of sp³-hybridized carbons (Fsp3) is 0.839. The van der Waals surface area contributed by atoms with Crippen LogP contribution in [-0.2, 0) is 33.4 Å². The molecule has 0 aromatic heterocycles. The van der Waals surface area contributed by atoms with Crippen LogP contribution in [0.4, 0.5) is 0 Å². The third-order valence-corrected chi connectivity index (χ3v) is 12.9. The van der Waals surface area contributed by atoms with Crippen molar-refractivity contribution in [3.05, 3.63) is 36.5 Å². The van der Waals surface area contributed by atoms with Gasteiger partial charge >= 0.3 is 17.9 Å². The van der Waals surface area contributed by atoms with Crippen molar-refractivity contribution in [1.29, 1.82) is 0 Å². The summed E-state index contributed by atoms with van der Waals surface area (Å²) >= 11 is 0. The molecule has 0 aliphatic rings. The second kappa shape index (κ2) is 61.4. The lowest BCUT2D eigenvalue weighted by molar-refractivity contribution is -0.145. The Labute approximate surface area is 438 Å². The normalized spacial score (nSPS) is 11.5. The van der Waals surface area contributed by atoms with Gasteiger partial charge in [-0.2, -0.15) is 0 Å². The zero-order valence-electron chi connectivity index (χ0n) is 47.2. The molecule has 0 aliphatic heterocycles. The first-order chi connectivity index (χ1) is 34.8. The topological polar surface area (TPSA) is 119 Å². The zero-order valence-corrected chi connectivity index (χ0v) is 47.2. The van der Waals surface area contributed by atoms with Crippen molar-refractivity contribution >= 4 is 23.9 Å². The summed E-state index contributed by atoms with van der Waals surface area (Å²) in [5.41, 5.74) is 0. The van der Waals surface area contributed by atoms with Gasteiger partial charge in [-0.15, -0.1) is 0 Å². The van der Waals surface area contributed by atoms with E-state index >= 15 is 0 Å². The van der Waals surface area contributed by atoms with Gasteiger partial charge in [0.25, 0.3) is 5.97 Å². The third-order valence-electron chi connectivity index (χ3n) is 12.9. The van der Waals surface area contributed by atoms with Crippen LogP contribution in [0.1, 0.15) is 297 Å². The van der Waals surface area contributed by atoms with Gasteiger partial charge in [0, 0.05) is 45.8 Å². The number of carbonyl (C=O) groups is 4. The maximum Gasteiger partial charge on any atom is 0.305 e. The quantitative estimate of drug-likeness (QED) is 0.0275. The van der Waals surface area contributed by atoms with E-state index in [-0.39, 0.29) is 37.7 Å². The Kier molecular flexibility index (Phi) is 60.6. The predicted molar refractivity (Wildman–Crippen MR) is 301 cm³/mol. The maximum atomic E-state index is 12.5. The van der Waals surface area contributed by atoms with E-state index in [4.69, 9.17) is 24.1 Å². The summed E-state index contributed by atoms with van der Waals surface area (Å²) in [6.45, 7) is 10.2. The van der Waals surface area contributed by atoms with E-state index in [1.807, 2.05) is 0 Å². The molecule has 9 heteroatoms. The number of carboxylic acids is 1. The van der Waals surface area contributed by atoms with Crippen LogP contribution in [0, 0.1) is 0 Å². The van der Waals surface area contributed by atoms with Crippen molar-refractivity contribution in [2.45, 2.75) is 297 Å². The second-order valence-corrected chi connectivity index (χ2v) is 20.0. The molecule has 0 aromatic rings. The number of esters is 3. The smallest absolute Gasteiger partial charge is 0.305 e. The van der Waals surface area contributed by atoms with Crippen molar-refractivity contribution in [2.24, 2.45) is 0 Å². The van der Waals surface area contributed by atoms with Gasteiger partial charge in [-0.3, -0.25) is 24.1 Å². The monoisotopic (exact) mass is 1000 g/mol. The van der Waals surface area contributed by atoms with E-state index in [2.05, 4.69) is 62.1 Å². The first-order valence-corrected chi connectivity index (χ1v) is 30.1. The zero-order chi connectivity index (χ0) is 52.2. The van der Waals surface area contributed by atoms with Gasteiger partial charge in [0.15, 0.2) is 0 Å². The fourth-order valence-electron chi connectivity index (χ4n) is 8.44. The predicted octanol–water partition coefficient (Wildman–Crippen LogP) is 18.1. The van der Waals surface area contributed by atoms with E-state index in [0.717, 1.165) is 84.0 Å². The second-order valence-electron chi connectivity index (χ2n) is 20.0.